The molecule has 0 fully saturated rings. The maximum atomic E-state index is 13.8. The summed E-state index contributed by atoms with van der Waals surface area (Å²) in [6.45, 7) is 1.55. The van der Waals surface area contributed by atoms with Crippen LogP contribution in [0.5, 0.6) is 0 Å². The predicted molar refractivity (Wildman–Crippen MR) is 92.2 cm³/mol. The number of aromatic nitrogens is 1. The van der Waals surface area contributed by atoms with Gasteiger partial charge in [0.2, 0.25) is 0 Å². The van der Waals surface area contributed by atoms with Crippen LogP contribution in [0.15, 0.2) is 35.1 Å². The van der Waals surface area contributed by atoms with E-state index in [1.807, 2.05) is 6.92 Å². The van der Waals surface area contributed by atoms with Crippen molar-refractivity contribution in [1.29, 1.82) is 0 Å². The topological polar surface area (TPSA) is 59.3 Å². The van der Waals surface area contributed by atoms with E-state index in [-0.39, 0.29) is 30.4 Å². The molecule has 1 N–H and O–H groups in total. The molecule has 0 aliphatic rings. The monoisotopic (exact) mass is 363 g/mol. The molecule has 0 bridgehead atoms. The molecule has 0 aliphatic heterocycles. The van der Waals surface area contributed by atoms with Crippen LogP contribution in [0.3, 0.4) is 0 Å². The lowest BCUT2D eigenvalue weighted by molar-refractivity contribution is -0.137. The Morgan fingerprint density at radius 2 is 2.00 bits per heavy atom. The van der Waals surface area contributed by atoms with Crippen molar-refractivity contribution >= 4 is 27.5 Å². The fraction of sp³-hybridized carbons (Fsp3) is 0.222. The van der Waals surface area contributed by atoms with Crippen LogP contribution < -0.4 is 5.43 Å². The minimum atomic E-state index is -1.04. The molecule has 0 amide bonds. The molecular formula is C18H15F2NO3S. The lowest BCUT2D eigenvalue weighted by Crippen LogP contribution is -2.18. The minimum Gasteiger partial charge on any atom is -0.480 e. The van der Waals surface area contributed by atoms with Crippen molar-refractivity contribution in [2.24, 2.45) is 0 Å². The van der Waals surface area contributed by atoms with Crippen LogP contribution in [0, 0.1) is 18.6 Å². The third kappa shape index (κ3) is 3.46. The molecule has 0 saturated carbocycles. The van der Waals surface area contributed by atoms with Crippen molar-refractivity contribution in [2.45, 2.75) is 26.3 Å². The molecule has 2 heterocycles. The number of pyridine rings is 1. The van der Waals surface area contributed by atoms with Crippen molar-refractivity contribution in [3.63, 3.8) is 0 Å². The molecular weight excluding hydrogens is 348 g/mol. The molecule has 3 rings (SSSR count). The molecule has 1 aromatic carbocycles. The summed E-state index contributed by atoms with van der Waals surface area (Å²) in [5, 5.41) is 9.19. The van der Waals surface area contributed by atoms with Gasteiger partial charge in [0.1, 0.15) is 6.54 Å². The summed E-state index contributed by atoms with van der Waals surface area (Å²) in [5.41, 5.74) is 1.05. The second-order valence-electron chi connectivity index (χ2n) is 5.76. The van der Waals surface area contributed by atoms with E-state index < -0.39 is 17.6 Å². The third-order valence-corrected chi connectivity index (χ3v) is 5.02. The molecule has 25 heavy (non-hydrogen) atoms. The summed E-state index contributed by atoms with van der Waals surface area (Å²) in [7, 11) is 0. The number of aryl methyl sites for hydroxylation is 3. The number of carboxylic acids is 1. The number of benzene rings is 1. The van der Waals surface area contributed by atoms with Crippen LogP contribution >= 0.6 is 11.3 Å². The van der Waals surface area contributed by atoms with Gasteiger partial charge in [-0.25, -0.2) is 8.78 Å². The van der Waals surface area contributed by atoms with E-state index >= 15 is 0 Å². The molecule has 0 saturated heterocycles. The largest absolute Gasteiger partial charge is 0.480 e. The number of rotatable bonds is 5. The molecule has 0 radical (unpaired) electrons. The lowest BCUT2D eigenvalue weighted by Gasteiger charge is -2.13. The van der Waals surface area contributed by atoms with Gasteiger partial charge in [0.15, 0.2) is 17.1 Å². The standard InChI is InChI=1S/C18H15F2NO3S/c1-10-7-14-18(25-10)15(22)8-12(21(14)9-16(23)24)6-5-11-3-2-4-13(19)17(11)20/h2-4,7-8H,5-6,9H2,1H3,(H,23,24). The van der Waals surface area contributed by atoms with Crippen LogP contribution in [-0.2, 0) is 24.2 Å². The average molecular weight is 363 g/mol. The number of thiophene rings is 1. The Morgan fingerprint density at radius 3 is 2.72 bits per heavy atom. The second-order valence-corrected chi connectivity index (χ2v) is 7.02. The Morgan fingerprint density at radius 1 is 1.24 bits per heavy atom. The van der Waals surface area contributed by atoms with E-state index in [0.717, 1.165) is 10.9 Å². The molecule has 0 spiro atoms. The fourth-order valence-corrected chi connectivity index (χ4v) is 3.79. The van der Waals surface area contributed by atoms with Gasteiger partial charge in [-0.1, -0.05) is 12.1 Å². The lowest BCUT2D eigenvalue weighted by atomic mass is 10.1. The van der Waals surface area contributed by atoms with Crippen LogP contribution in [-0.4, -0.2) is 15.6 Å². The van der Waals surface area contributed by atoms with Crippen molar-refractivity contribution in [3.05, 3.63) is 68.3 Å². The number of carboxylic acid groups (broad SMARTS) is 1. The second kappa shape index (κ2) is 6.76. The zero-order valence-electron chi connectivity index (χ0n) is 13.4. The maximum Gasteiger partial charge on any atom is 0.323 e. The van der Waals surface area contributed by atoms with Crippen LogP contribution in [0.4, 0.5) is 8.78 Å². The normalized spacial score (nSPS) is 11.2. The smallest absolute Gasteiger partial charge is 0.323 e. The zero-order chi connectivity index (χ0) is 18.1. The van der Waals surface area contributed by atoms with Gasteiger partial charge in [0, 0.05) is 16.6 Å². The highest BCUT2D eigenvalue weighted by Crippen LogP contribution is 2.24. The van der Waals surface area contributed by atoms with Gasteiger partial charge in [-0.2, -0.15) is 0 Å². The van der Waals surface area contributed by atoms with Gasteiger partial charge >= 0.3 is 5.97 Å². The first kappa shape index (κ1) is 17.3. The average Bonchev–Trinajstić information content (AvgIpc) is 2.94. The molecule has 0 atom stereocenters. The first-order valence-corrected chi connectivity index (χ1v) is 8.46. The number of aliphatic carboxylic acids is 1. The third-order valence-electron chi connectivity index (χ3n) is 3.97. The van der Waals surface area contributed by atoms with E-state index in [0.29, 0.717) is 15.9 Å². The Labute approximate surface area is 146 Å². The summed E-state index contributed by atoms with van der Waals surface area (Å²) in [4.78, 5) is 24.4. The first-order valence-electron chi connectivity index (χ1n) is 7.64. The van der Waals surface area contributed by atoms with Crippen LogP contribution in [0.25, 0.3) is 10.2 Å². The molecule has 130 valence electrons. The molecule has 3 aromatic rings. The van der Waals surface area contributed by atoms with E-state index in [4.69, 9.17) is 0 Å². The molecule has 2 aromatic heterocycles. The summed E-state index contributed by atoms with van der Waals surface area (Å²) in [5.74, 6) is -2.88. The summed E-state index contributed by atoms with van der Waals surface area (Å²) in [6, 6.07) is 7.10. The van der Waals surface area contributed by atoms with Crippen molar-refractivity contribution in [3.8, 4) is 0 Å². The maximum absolute atomic E-state index is 13.8. The molecule has 0 unspecified atom stereocenters. The highest BCUT2D eigenvalue weighted by Gasteiger charge is 2.15. The van der Waals surface area contributed by atoms with Crippen LogP contribution in [0.1, 0.15) is 16.1 Å². The highest BCUT2D eigenvalue weighted by atomic mass is 32.1. The Kier molecular flexibility index (Phi) is 4.67. The number of carbonyl (C=O) groups is 1. The Bertz CT molecular complexity index is 1020. The fourth-order valence-electron chi connectivity index (χ4n) is 2.86. The number of nitrogens with zero attached hydrogens (tertiary/aromatic N) is 1. The SMILES string of the molecule is Cc1cc2c(s1)c(=O)cc(CCc1cccc(F)c1F)n2CC(=O)O. The van der Waals surface area contributed by atoms with E-state index in [2.05, 4.69) is 0 Å². The van der Waals surface area contributed by atoms with Gasteiger partial charge in [-0.15, -0.1) is 11.3 Å². The minimum absolute atomic E-state index is 0.164. The van der Waals surface area contributed by atoms with Crippen molar-refractivity contribution < 1.29 is 18.7 Å². The predicted octanol–water partition coefficient (Wildman–Crippen LogP) is 3.52. The van der Waals surface area contributed by atoms with Gasteiger partial charge in [-0.3, -0.25) is 9.59 Å². The van der Waals surface area contributed by atoms with Gasteiger partial charge in [0.25, 0.3) is 0 Å². The zero-order valence-corrected chi connectivity index (χ0v) is 14.2. The summed E-state index contributed by atoms with van der Waals surface area (Å²) >= 11 is 1.31. The number of fused-ring (bicyclic) bond motifs is 1. The number of halogens is 2. The quantitative estimate of drug-likeness (QED) is 0.755. The van der Waals surface area contributed by atoms with E-state index in [1.165, 1.54) is 29.5 Å². The van der Waals surface area contributed by atoms with E-state index in [1.54, 1.807) is 10.6 Å². The van der Waals surface area contributed by atoms with Crippen molar-refractivity contribution in [2.75, 3.05) is 0 Å². The molecule has 0 aliphatic carbocycles. The van der Waals surface area contributed by atoms with E-state index in [9.17, 15) is 23.5 Å². The summed E-state index contributed by atoms with van der Waals surface area (Å²) < 4.78 is 29.2. The number of hydrogen-bond acceptors (Lipinski definition) is 3. The van der Waals surface area contributed by atoms with Crippen molar-refractivity contribution in [1.82, 2.24) is 4.57 Å². The number of hydrogen-bond donors (Lipinski definition) is 1. The Hall–Kier alpha value is -2.54. The van der Waals surface area contributed by atoms with Crippen LogP contribution in [0.2, 0.25) is 0 Å². The Balaban J connectivity index is 2.04. The molecule has 4 nitrogen and oxygen atoms in total. The first-order chi connectivity index (χ1) is 11.9. The molecule has 7 heteroatoms. The summed E-state index contributed by atoms with van der Waals surface area (Å²) in [6.07, 6.45) is 0.394. The van der Waals surface area contributed by atoms with Gasteiger partial charge in [0.05, 0.1) is 10.2 Å². The van der Waals surface area contributed by atoms with Gasteiger partial charge in [-0.05, 0) is 37.5 Å². The van der Waals surface area contributed by atoms with Gasteiger partial charge < -0.3 is 9.67 Å². The highest BCUT2D eigenvalue weighted by molar-refractivity contribution is 7.18.